The number of methoxy groups -OCH3 is 1. The fourth-order valence-electron chi connectivity index (χ4n) is 2.45. The number of benzene rings is 2. The average molecular weight is 348 g/mol. The van der Waals surface area contributed by atoms with Crippen molar-refractivity contribution in [3.8, 4) is 17.2 Å². The predicted octanol–water partition coefficient (Wildman–Crippen LogP) is 4.37. The molecule has 5 heteroatoms. The van der Waals surface area contributed by atoms with Gasteiger partial charge in [0.15, 0.2) is 0 Å². The summed E-state index contributed by atoms with van der Waals surface area (Å²) in [6.07, 6.45) is 1.63. The van der Waals surface area contributed by atoms with Crippen molar-refractivity contribution in [1.29, 1.82) is 0 Å². The average Bonchev–Trinajstić information content (AvgIpc) is 2.69. The number of para-hydroxylation sites is 1. The molecule has 0 bridgehead atoms. The van der Waals surface area contributed by atoms with Gasteiger partial charge in [0.05, 0.1) is 25.0 Å². The normalized spacial score (nSPS) is 11.5. The summed E-state index contributed by atoms with van der Waals surface area (Å²) in [7, 11) is 1.59. The summed E-state index contributed by atoms with van der Waals surface area (Å²) < 4.78 is 10.9. The highest BCUT2D eigenvalue weighted by molar-refractivity contribution is 5.94. The third-order valence-electron chi connectivity index (χ3n) is 3.86. The predicted molar refractivity (Wildman–Crippen MR) is 99.6 cm³/mol. The lowest BCUT2D eigenvalue weighted by Gasteiger charge is -2.14. The first-order valence-corrected chi connectivity index (χ1v) is 8.29. The van der Waals surface area contributed by atoms with E-state index in [1.165, 1.54) is 0 Å². The quantitative estimate of drug-likeness (QED) is 0.718. The molecule has 0 aliphatic heterocycles. The lowest BCUT2D eigenvalue weighted by Crippen LogP contribution is -2.27. The Morgan fingerprint density at radius 2 is 1.73 bits per heavy atom. The first kappa shape index (κ1) is 17.5. The number of nitrogens with zero attached hydrogens (tertiary/aromatic N) is 1. The van der Waals surface area contributed by atoms with Crippen molar-refractivity contribution in [2.24, 2.45) is 0 Å². The van der Waals surface area contributed by atoms with E-state index in [1.54, 1.807) is 31.5 Å². The molecular formula is C21H20N2O3. The Morgan fingerprint density at radius 3 is 2.42 bits per heavy atom. The van der Waals surface area contributed by atoms with Crippen LogP contribution in [0.5, 0.6) is 17.2 Å². The van der Waals surface area contributed by atoms with E-state index in [9.17, 15) is 4.79 Å². The summed E-state index contributed by atoms with van der Waals surface area (Å²) in [5.74, 6) is 1.83. The van der Waals surface area contributed by atoms with Crippen LogP contribution in [0.15, 0.2) is 72.9 Å². The molecule has 0 spiro atoms. The summed E-state index contributed by atoms with van der Waals surface area (Å²) in [4.78, 5) is 16.8. The third kappa shape index (κ3) is 4.39. The highest BCUT2D eigenvalue weighted by Crippen LogP contribution is 2.22. The number of carbonyl (C=O) groups excluding carboxylic acids is 1. The lowest BCUT2D eigenvalue weighted by atomic mass is 10.1. The van der Waals surface area contributed by atoms with Crippen LogP contribution in [-0.4, -0.2) is 18.0 Å². The number of ether oxygens (including phenoxy) is 2. The van der Waals surface area contributed by atoms with Crippen LogP contribution in [0.2, 0.25) is 0 Å². The van der Waals surface area contributed by atoms with Crippen LogP contribution in [-0.2, 0) is 0 Å². The van der Waals surface area contributed by atoms with Crippen molar-refractivity contribution in [3.05, 3.63) is 84.2 Å². The van der Waals surface area contributed by atoms with E-state index in [2.05, 4.69) is 10.3 Å². The summed E-state index contributed by atoms with van der Waals surface area (Å²) >= 11 is 0. The fraction of sp³-hybridized carbons (Fsp3) is 0.143. The molecule has 1 amide bonds. The van der Waals surface area contributed by atoms with Crippen LogP contribution in [0.4, 0.5) is 0 Å². The largest absolute Gasteiger partial charge is 0.495 e. The Kier molecular flexibility index (Phi) is 5.49. The zero-order valence-corrected chi connectivity index (χ0v) is 14.7. The number of aromatic nitrogens is 1. The number of pyridine rings is 1. The van der Waals surface area contributed by atoms with Gasteiger partial charge in [-0.1, -0.05) is 24.3 Å². The number of hydrogen-bond donors (Lipinski definition) is 1. The van der Waals surface area contributed by atoms with Gasteiger partial charge in [-0.2, -0.15) is 0 Å². The van der Waals surface area contributed by atoms with E-state index in [0.29, 0.717) is 17.1 Å². The van der Waals surface area contributed by atoms with Gasteiger partial charge in [0, 0.05) is 5.56 Å². The monoisotopic (exact) mass is 348 g/mol. The van der Waals surface area contributed by atoms with Crippen molar-refractivity contribution in [2.45, 2.75) is 13.0 Å². The zero-order chi connectivity index (χ0) is 18.4. The van der Waals surface area contributed by atoms with Crippen molar-refractivity contribution < 1.29 is 14.3 Å². The molecule has 0 saturated heterocycles. The minimum absolute atomic E-state index is 0.186. The van der Waals surface area contributed by atoms with E-state index in [0.717, 1.165) is 11.4 Å². The van der Waals surface area contributed by atoms with Gasteiger partial charge in [-0.3, -0.25) is 9.78 Å². The molecule has 1 unspecified atom stereocenters. The first-order valence-electron chi connectivity index (χ1n) is 8.29. The highest BCUT2D eigenvalue weighted by atomic mass is 16.5. The third-order valence-corrected chi connectivity index (χ3v) is 3.86. The maximum Gasteiger partial charge on any atom is 0.251 e. The molecule has 3 rings (SSSR count). The van der Waals surface area contributed by atoms with Crippen LogP contribution < -0.4 is 14.8 Å². The van der Waals surface area contributed by atoms with Gasteiger partial charge in [0.25, 0.3) is 5.91 Å². The molecule has 2 aromatic carbocycles. The Morgan fingerprint density at radius 1 is 0.962 bits per heavy atom. The van der Waals surface area contributed by atoms with E-state index in [4.69, 9.17) is 9.47 Å². The van der Waals surface area contributed by atoms with Crippen LogP contribution in [0, 0.1) is 0 Å². The van der Waals surface area contributed by atoms with Crippen LogP contribution in [0.3, 0.4) is 0 Å². The Labute approximate surface area is 152 Å². The van der Waals surface area contributed by atoms with Crippen molar-refractivity contribution >= 4 is 5.91 Å². The zero-order valence-electron chi connectivity index (χ0n) is 14.7. The smallest absolute Gasteiger partial charge is 0.251 e. The molecule has 0 radical (unpaired) electrons. The van der Waals surface area contributed by atoms with Gasteiger partial charge >= 0.3 is 0 Å². The second-order valence-corrected chi connectivity index (χ2v) is 5.76. The number of hydrogen-bond acceptors (Lipinski definition) is 4. The van der Waals surface area contributed by atoms with Crippen molar-refractivity contribution in [1.82, 2.24) is 10.3 Å². The van der Waals surface area contributed by atoms with E-state index >= 15 is 0 Å². The van der Waals surface area contributed by atoms with E-state index in [-0.39, 0.29) is 11.9 Å². The second kappa shape index (κ2) is 8.16. The molecule has 1 atom stereocenters. The number of carbonyl (C=O) groups is 1. The Balaban J connectivity index is 1.68. The summed E-state index contributed by atoms with van der Waals surface area (Å²) in [5, 5.41) is 2.94. The first-order chi connectivity index (χ1) is 12.7. The maximum atomic E-state index is 12.5. The molecule has 1 aromatic heterocycles. The van der Waals surface area contributed by atoms with Crippen molar-refractivity contribution in [2.75, 3.05) is 7.11 Å². The molecule has 5 nitrogen and oxygen atoms in total. The molecule has 0 aliphatic rings. The maximum absolute atomic E-state index is 12.5. The summed E-state index contributed by atoms with van der Waals surface area (Å²) in [5.41, 5.74) is 1.29. The fourth-order valence-corrected chi connectivity index (χ4v) is 2.45. The molecule has 0 saturated carbocycles. The van der Waals surface area contributed by atoms with Gasteiger partial charge in [-0.15, -0.1) is 0 Å². The molecule has 26 heavy (non-hydrogen) atoms. The van der Waals surface area contributed by atoms with Gasteiger partial charge in [-0.05, 0) is 49.4 Å². The highest BCUT2D eigenvalue weighted by Gasteiger charge is 2.13. The van der Waals surface area contributed by atoms with Gasteiger partial charge in [0.1, 0.15) is 17.2 Å². The molecule has 132 valence electrons. The molecule has 0 aliphatic carbocycles. The van der Waals surface area contributed by atoms with Crippen molar-refractivity contribution in [3.63, 3.8) is 0 Å². The number of rotatable bonds is 6. The van der Waals surface area contributed by atoms with Crippen LogP contribution in [0.1, 0.15) is 29.0 Å². The molecular weight excluding hydrogens is 328 g/mol. The summed E-state index contributed by atoms with van der Waals surface area (Å²) in [6, 6.07) is 20.0. The minimum atomic E-state index is -0.230. The lowest BCUT2D eigenvalue weighted by molar-refractivity contribution is 0.0939. The molecule has 3 aromatic rings. The molecule has 1 heterocycles. The second-order valence-electron chi connectivity index (χ2n) is 5.76. The van der Waals surface area contributed by atoms with E-state index in [1.807, 2.05) is 55.5 Å². The molecule has 1 N–H and O–H groups in total. The summed E-state index contributed by atoms with van der Waals surface area (Å²) in [6.45, 7) is 1.89. The van der Waals surface area contributed by atoms with Crippen LogP contribution in [0.25, 0.3) is 0 Å². The number of nitrogens with one attached hydrogen (secondary N) is 1. The van der Waals surface area contributed by atoms with Crippen LogP contribution >= 0.6 is 0 Å². The Hall–Kier alpha value is -3.34. The van der Waals surface area contributed by atoms with E-state index < -0.39 is 0 Å². The number of amides is 1. The Bertz CT molecular complexity index is 864. The van der Waals surface area contributed by atoms with Gasteiger partial charge < -0.3 is 14.8 Å². The van der Waals surface area contributed by atoms with Gasteiger partial charge in [-0.25, -0.2) is 0 Å². The SMILES string of the molecule is COc1ccc(C(C)NC(=O)c2cccc(Oc3ccccc3)c2)nc1. The molecule has 0 fully saturated rings. The standard InChI is InChI=1S/C21H20N2O3/c1-15(20-12-11-19(25-2)14-22-20)23-21(24)16-7-6-10-18(13-16)26-17-8-4-3-5-9-17/h3-15H,1-2H3,(H,23,24). The minimum Gasteiger partial charge on any atom is -0.495 e. The topological polar surface area (TPSA) is 60.5 Å². The van der Waals surface area contributed by atoms with Gasteiger partial charge in [0.2, 0.25) is 0 Å².